The lowest BCUT2D eigenvalue weighted by molar-refractivity contribution is -0.137. The molecule has 9 N–H and O–H groups in total. The topological polar surface area (TPSA) is 290 Å². The molecule has 2 aliphatic heterocycles. The Morgan fingerprint density at radius 1 is 0.913 bits per heavy atom. The second-order valence-corrected chi connectivity index (χ2v) is 17.3. The third-order valence-electron chi connectivity index (χ3n) is 11.8. The second kappa shape index (κ2) is 21.8. The van der Waals surface area contributed by atoms with E-state index in [0.29, 0.717) is 75.1 Å². The molecular formula is C48H55FN10O10. The summed E-state index contributed by atoms with van der Waals surface area (Å²) in [4.78, 5) is 105. The van der Waals surface area contributed by atoms with Crippen molar-refractivity contribution < 1.29 is 47.8 Å². The molecule has 21 heteroatoms. The summed E-state index contributed by atoms with van der Waals surface area (Å²) in [5, 5.41) is 21.5. The maximum absolute atomic E-state index is 14.9. The maximum Gasteiger partial charge on any atom is 0.506 e. The first-order chi connectivity index (χ1) is 32.7. The molecule has 20 nitrogen and oxygen atoms in total. The van der Waals surface area contributed by atoms with E-state index >= 15 is 0 Å². The summed E-state index contributed by atoms with van der Waals surface area (Å²) < 4.78 is 21.1. The van der Waals surface area contributed by atoms with Crippen LogP contribution in [0.4, 0.5) is 14.9 Å². The molecule has 0 saturated heterocycles. The third-order valence-corrected chi connectivity index (χ3v) is 11.8. The Morgan fingerprint density at radius 2 is 1.61 bits per heavy atom. The van der Waals surface area contributed by atoms with Crippen LogP contribution < -0.4 is 38.4 Å². The van der Waals surface area contributed by atoms with E-state index in [1.807, 2.05) is 0 Å². The first kappa shape index (κ1) is 50.5. The van der Waals surface area contributed by atoms with E-state index in [-0.39, 0.29) is 67.5 Å². The first-order valence-electron chi connectivity index (χ1n) is 22.2. The molecule has 0 bridgehead atoms. The van der Waals surface area contributed by atoms with Gasteiger partial charge in [0, 0.05) is 54.0 Å². The highest BCUT2D eigenvalue weighted by Gasteiger charge is 2.30. The Morgan fingerprint density at radius 3 is 2.28 bits per heavy atom. The number of carbonyl (C=O) groups is 7. The van der Waals surface area contributed by atoms with Crippen LogP contribution in [0.2, 0.25) is 0 Å². The Hall–Kier alpha value is -7.94. The van der Waals surface area contributed by atoms with Crippen molar-refractivity contribution in [1.29, 1.82) is 0 Å². The van der Waals surface area contributed by atoms with E-state index in [1.165, 1.54) is 40.9 Å². The van der Waals surface area contributed by atoms with Crippen LogP contribution in [0.15, 0.2) is 65.6 Å². The van der Waals surface area contributed by atoms with Gasteiger partial charge in [0.15, 0.2) is 0 Å². The number of pyridine rings is 2. The number of hydrazine groups is 1. The lowest BCUT2D eigenvalue weighted by Gasteiger charge is -2.24. The van der Waals surface area contributed by atoms with Crippen LogP contribution in [-0.4, -0.2) is 91.3 Å². The first-order valence-corrected chi connectivity index (χ1v) is 22.2. The number of carbonyl (C=O) groups excluding carboxylic acids is 6. The minimum atomic E-state index is -1.51. The van der Waals surface area contributed by atoms with Gasteiger partial charge in [-0.1, -0.05) is 32.4 Å². The summed E-state index contributed by atoms with van der Waals surface area (Å²) in [6.07, 6.45) is 4.17. The lowest BCUT2D eigenvalue weighted by atomic mass is 9.98. The average molecular weight is 951 g/mol. The van der Waals surface area contributed by atoms with Gasteiger partial charge in [0.25, 0.3) is 17.4 Å². The van der Waals surface area contributed by atoms with Crippen LogP contribution in [-0.2, 0) is 53.2 Å². The molecule has 0 aliphatic carbocycles. The fraction of sp³-hybridized carbons (Fsp3) is 0.354. The van der Waals surface area contributed by atoms with Crippen molar-refractivity contribution in [2.24, 2.45) is 17.5 Å². The van der Waals surface area contributed by atoms with Gasteiger partial charge in [0.05, 0.1) is 47.8 Å². The number of imide groups is 1. The fourth-order valence-corrected chi connectivity index (χ4v) is 7.95. The van der Waals surface area contributed by atoms with Crippen molar-refractivity contribution in [3.05, 3.63) is 110 Å². The molecule has 69 heavy (non-hydrogen) atoms. The van der Waals surface area contributed by atoms with Crippen molar-refractivity contribution in [2.75, 3.05) is 18.4 Å². The van der Waals surface area contributed by atoms with Crippen LogP contribution in [0.1, 0.15) is 79.8 Å². The SMILES string of the molecule is Cc1cc2c(CN(N)/C=C(\N)c3ccc(NC(=O)C(C)NC(=O)C(NC(=O)CNC(=O)CCCCCN4C(=O)C=CC4=O)C(C)C)cc3)c3c(nc2cc1F)-c1cc(C)c(COC(=O)O)c(=O)n1C3. The van der Waals surface area contributed by atoms with Crippen molar-refractivity contribution in [3.63, 3.8) is 0 Å². The maximum atomic E-state index is 14.9. The summed E-state index contributed by atoms with van der Waals surface area (Å²) >= 11 is 0. The molecule has 0 fully saturated rings. The normalized spacial score (nSPS) is 13.8. The molecule has 4 aromatic rings. The van der Waals surface area contributed by atoms with E-state index < -0.39 is 53.9 Å². The van der Waals surface area contributed by atoms with Gasteiger partial charge in [-0.05, 0) is 86.1 Å². The number of nitrogens with zero attached hydrogens (tertiary/aromatic N) is 4. The monoisotopic (exact) mass is 950 g/mol. The van der Waals surface area contributed by atoms with E-state index in [1.54, 1.807) is 64.1 Å². The van der Waals surface area contributed by atoms with E-state index in [4.69, 9.17) is 26.4 Å². The number of amides is 6. The largest absolute Gasteiger partial charge is 0.506 e. The number of hydrogen-bond donors (Lipinski definition) is 7. The molecule has 4 heterocycles. The number of benzene rings is 2. The minimum Gasteiger partial charge on any atom is -0.450 e. The zero-order valence-electron chi connectivity index (χ0n) is 38.8. The molecule has 2 unspecified atom stereocenters. The number of ether oxygens (including phenoxy) is 1. The van der Waals surface area contributed by atoms with Crippen molar-refractivity contribution in [1.82, 2.24) is 35.4 Å². The molecule has 2 aromatic carbocycles. The zero-order chi connectivity index (χ0) is 50.3. The number of rotatable bonds is 20. The van der Waals surface area contributed by atoms with Gasteiger partial charge in [-0.15, -0.1) is 0 Å². The smallest absolute Gasteiger partial charge is 0.450 e. The number of halogens is 1. The highest BCUT2D eigenvalue weighted by atomic mass is 19.1. The van der Waals surface area contributed by atoms with Gasteiger partial charge >= 0.3 is 6.16 Å². The van der Waals surface area contributed by atoms with Crippen LogP contribution >= 0.6 is 0 Å². The molecule has 2 aromatic heterocycles. The highest BCUT2D eigenvalue weighted by Crippen LogP contribution is 2.37. The molecule has 0 radical (unpaired) electrons. The number of carboxylic acid groups (broad SMARTS) is 1. The second-order valence-electron chi connectivity index (χ2n) is 17.3. The van der Waals surface area contributed by atoms with E-state index in [2.05, 4.69) is 21.3 Å². The fourth-order valence-electron chi connectivity index (χ4n) is 7.95. The van der Waals surface area contributed by atoms with E-state index in [9.17, 15) is 42.7 Å². The van der Waals surface area contributed by atoms with Crippen LogP contribution in [0, 0.1) is 25.6 Å². The van der Waals surface area contributed by atoms with Gasteiger partial charge in [-0.2, -0.15) is 0 Å². The molecule has 6 amide bonds. The molecule has 2 aliphatic rings. The number of fused-ring (bicyclic) bond motifs is 4. The van der Waals surface area contributed by atoms with Gasteiger partial charge in [-0.25, -0.2) is 20.0 Å². The summed E-state index contributed by atoms with van der Waals surface area (Å²) in [6.45, 7) is 7.85. The van der Waals surface area contributed by atoms with Crippen molar-refractivity contribution in [3.8, 4) is 11.4 Å². The number of unbranched alkanes of at least 4 members (excludes halogenated alkanes) is 2. The summed E-state index contributed by atoms with van der Waals surface area (Å²) in [5.74, 6) is 2.90. The standard InChI is InChI=1S/C48H55FN10O10/c1-25(2)43(56-40(61)20-52-39(60)9-7-6-8-16-58-41(62)14-15-42(58)63)46(65)53-28(5)45(64)54-30-12-10-29(11-13-30)36(50)23-57(51)21-32-31-17-27(4)35(49)19-37(31)55-44-33(32)22-59-38(44)18-26(3)34(47(59)66)24-69-48(67)68/h10-15,17-19,23,25,28,43H,6-9,16,20-22,24,50-51H2,1-5H3,(H,52,60)(H,53,65)(H,54,64)(H,56,61)(H,67,68)/b36-23-. The van der Waals surface area contributed by atoms with Crippen LogP contribution in [0.5, 0.6) is 0 Å². The zero-order valence-corrected chi connectivity index (χ0v) is 38.8. The molecule has 0 spiro atoms. The number of aromatic nitrogens is 2. The van der Waals surface area contributed by atoms with Gasteiger partial charge in [0.2, 0.25) is 23.6 Å². The van der Waals surface area contributed by atoms with Crippen molar-refractivity contribution >= 4 is 63.9 Å². The lowest BCUT2D eigenvalue weighted by Crippen LogP contribution is -2.55. The molecule has 2 atom stereocenters. The van der Waals surface area contributed by atoms with E-state index in [0.717, 1.165) is 4.90 Å². The Balaban J connectivity index is 1.02. The number of nitrogens with one attached hydrogen (secondary N) is 4. The van der Waals surface area contributed by atoms with Crippen LogP contribution in [0.3, 0.4) is 0 Å². The Labute approximate surface area is 395 Å². The van der Waals surface area contributed by atoms with Crippen LogP contribution in [0.25, 0.3) is 28.0 Å². The van der Waals surface area contributed by atoms with Gasteiger partial charge in [0.1, 0.15) is 24.5 Å². The Kier molecular flexibility index (Phi) is 15.9. The Bertz CT molecular complexity index is 2820. The summed E-state index contributed by atoms with van der Waals surface area (Å²) in [5.41, 5.74) is 11.0. The quantitative estimate of drug-likeness (QED) is 0.0194. The number of anilines is 1. The van der Waals surface area contributed by atoms with Gasteiger partial charge < -0.3 is 46.4 Å². The summed E-state index contributed by atoms with van der Waals surface area (Å²) in [6, 6.07) is 9.22. The number of hydrogen-bond acceptors (Lipinski definition) is 13. The minimum absolute atomic E-state index is 0.0651. The highest BCUT2D eigenvalue weighted by molar-refractivity contribution is 6.12. The molecule has 6 rings (SSSR count). The number of aryl methyl sites for hydroxylation is 2. The predicted octanol–water partition coefficient (Wildman–Crippen LogP) is 3.19. The number of nitrogens with two attached hydrogens (primary N) is 2. The molecular weight excluding hydrogens is 896 g/mol. The molecule has 0 saturated carbocycles. The summed E-state index contributed by atoms with van der Waals surface area (Å²) in [7, 11) is 0. The third kappa shape index (κ3) is 12.2. The predicted molar refractivity (Wildman–Crippen MR) is 251 cm³/mol. The van der Waals surface area contributed by atoms with Gasteiger partial charge in [-0.3, -0.25) is 38.5 Å². The van der Waals surface area contributed by atoms with Crippen molar-refractivity contribution in [2.45, 2.75) is 92.1 Å². The average Bonchev–Trinajstić information content (AvgIpc) is 3.82. The molecule has 364 valence electrons.